The molecule has 0 atom stereocenters. The maximum Gasteiger partial charge on any atom is 0.251 e. The van der Waals surface area contributed by atoms with Crippen LogP contribution in [0.1, 0.15) is 21.7 Å². The van der Waals surface area contributed by atoms with E-state index in [1.165, 1.54) is 11.3 Å². The summed E-state index contributed by atoms with van der Waals surface area (Å²) in [5.74, 6) is 1.66. The second kappa shape index (κ2) is 7.08. The molecule has 2 heterocycles. The normalized spacial score (nSPS) is 12.9. The Labute approximate surface area is 153 Å². The molecule has 0 saturated heterocycles. The van der Waals surface area contributed by atoms with Gasteiger partial charge in [0, 0.05) is 36.4 Å². The van der Waals surface area contributed by atoms with Crippen molar-refractivity contribution >= 4 is 11.6 Å². The van der Waals surface area contributed by atoms with Gasteiger partial charge in [0.05, 0.1) is 0 Å². The summed E-state index contributed by atoms with van der Waals surface area (Å²) in [6.45, 7) is 4.40. The lowest BCUT2D eigenvalue weighted by Gasteiger charge is -2.19. The third kappa shape index (κ3) is 3.36. The van der Waals surface area contributed by atoms with E-state index in [4.69, 9.17) is 4.42 Å². The number of rotatable bonds is 5. The fourth-order valence-corrected chi connectivity index (χ4v) is 3.42. The highest BCUT2D eigenvalue weighted by molar-refractivity contribution is 5.94. The zero-order valence-electron chi connectivity index (χ0n) is 14.9. The molecular weight excluding hydrogens is 324 g/mol. The molecule has 1 aliphatic heterocycles. The minimum atomic E-state index is -0.0420. The minimum Gasteiger partial charge on any atom is -0.461 e. The third-order valence-corrected chi connectivity index (χ3v) is 4.82. The molecule has 26 heavy (non-hydrogen) atoms. The van der Waals surface area contributed by atoms with Crippen LogP contribution in [0.4, 0.5) is 5.69 Å². The molecule has 132 valence electrons. The van der Waals surface area contributed by atoms with Gasteiger partial charge in [0.25, 0.3) is 5.91 Å². The Morgan fingerprint density at radius 3 is 2.65 bits per heavy atom. The van der Waals surface area contributed by atoms with Gasteiger partial charge in [-0.2, -0.15) is 0 Å². The van der Waals surface area contributed by atoms with Gasteiger partial charge in [0.1, 0.15) is 11.5 Å². The number of nitrogens with zero attached hydrogens (tertiary/aromatic N) is 1. The Morgan fingerprint density at radius 1 is 1.08 bits per heavy atom. The summed E-state index contributed by atoms with van der Waals surface area (Å²) in [5.41, 5.74) is 4.32. The van der Waals surface area contributed by atoms with Crippen molar-refractivity contribution in [3.63, 3.8) is 0 Å². The summed E-state index contributed by atoms with van der Waals surface area (Å²) in [6.07, 6.45) is 1.08. The van der Waals surface area contributed by atoms with Gasteiger partial charge in [-0.25, -0.2) is 0 Å². The first-order valence-corrected chi connectivity index (χ1v) is 8.98. The fraction of sp³-hybridized carbons (Fsp3) is 0.227. The van der Waals surface area contributed by atoms with Gasteiger partial charge in [-0.3, -0.25) is 4.79 Å². The molecule has 1 aromatic heterocycles. The molecule has 0 radical (unpaired) electrons. The maximum atomic E-state index is 12.4. The summed E-state index contributed by atoms with van der Waals surface area (Å²) in [7, 11) is 0. The molecule has 2 aromatic carbocycles. The molecule has 3 aromatic rings. The van der Waals surface area contributed by atoms with Gasteiger partial charge < -0.3 is 14.6 Å². The zero-order chi connectivity index (χ0) is 17.9. The number of furan rings is 1. The monoisotopic (exact) mass is 346 g/mol. The van der Waals surface area contributed by atoms with E-state index >= 15 is 0 Å². The Kier molecular flexibility index (Phi) is 4.48. The van der Waals surface area contributed by atoms with E-state index in [0.29, 0.717) is 12.1 Å². The Hall–Kier alpha value is -3.01. The van der Waals surface area contributed by atoms with E-state index in [-0.39, 0.29) is 5.91 Å². The first kappa shape index (κ1) is 16.5. The number of benzene rings is 2. The predicted octanol–water partition coefficient (Wildman–Crippen LogP) is 4.05. The van der Waals surface area contributed by atoms with Crippen LogP contribution < -0.4 is 10.2 Å². The number of hydrogen-bond donors (Lipinski definition) is 1. The topological polar surface area (TPSA) is 45.5 Å². The highest BCUT2D eigenvalue weighted by atomic mass is 16.3. The highest BCUT2D eigenvalue weighted by Gasteiger charge is 2.17. The number of anilines is 1. The molecule has 0 bridgehead atoms. The average molecular weight is 346 g/mol. The van der Waals surface area contributed by atoms with Crippen molar-refractivity contribution < 1.29 is 9.21 Å². The van der Waals surface area contributed by atoms with Crippen LogP contribution in [0.5, 0.6) is 0 Å². The van der Waals surface area contributed by atoms with Crippen LogP contribution in [0, 0.1) is 6.92 Å². The molecule has 1 N–H and O–H groups in total. The van der Waals surface area contributed by atoms with Gasteiger partial charge >= 0.3 is 0 Å². The van der Waals surface area contributed by atoms with Gasteiger partial charge in [0.15, 0.2) is 0 Å². The maximum absolute atomic E-state index is 12.4. The molecule has 0 saturated carbocycles. The minimum absolute atomic E-state index is 0.0420. The van der Waals surface area contributed by atoms with Gasteiger partial charge in [-0.05, 0) is 49.2 Å². The first-order chi connectivity index (χ1) is 12.7. The Balaban J connectivity index is 1.33. The third-order valence-electron chi connectivity index (χ3n) is 4.82. The van der Waals surface area contributed by atoms with E-state index in [2.05, 4.69) is 34.5 Å². The Bertz CT molecular complexity index is 912. The lowest BCUT2D eigenvalue weighted by atomic mass is 10.1. The molecule has 0 spiro atoms. The second-order valence-corrected chi connectivity index (χ2v) is 6.61. The van der Waals surface area contributed by atoms with Gasteiger partial charge in [-0.1, -0.05) is 30.3 Å². The first-order valence-electron chi connectivity index (χ1n) is 8.98. The van der Waals surface area contributed by atoms with Crippen LogP contribution in [0.2, 0.25) is 0 Å². The molecule has 0 aliphatic carbocycles. The number of fused-ring (bicyclic) bond motifs is 1. The summed E-state index contributed by atoms with van der Waals surface area (Å²) >= 11 is 0. The molecule has 0 unspecified atom stereocenters. The predicted molar refractivity (Wildman–Crippen MR) is 104 cm³/mol. The number of para-hydroxylation sites is 1. The summed E-state index contributed by atoms with van der Waals surface area (Å²) in [4.78, 5) is 14.7. The van der Waals surface area contributed by atoms with E-state index < -0.39 is 0 Å². The highest BCUT2D eigenvalue weighted by Crippen LogP contribution is 2.26. The van der Waals surface area contributed by atoms with Crippen molar-refractivity contribution in [2.45, 2.75) is 13.3 Å². The average Bonchev–Trinajstić information content (AvgIpc) is 3.28. The number of nitrogens with one attached hydrogen (secondary N) is 1. The number of carbonyl (C=O) groups excluding carboxylic acids is 1. The lowest BCUT2D eigenvalue weighted by Crippen LogP contribution is -2.34. The van der Waals surface area contributed by atoms with E-state index in [9.17, 15) is 4.79 Å². The fourth-order valence-electron chi connectivity index (χ4n) is 3.42. The van der Waals surface area contributed by atoms with E-state index in [1.807, 2.05) is 43.3 Å². The van der Waals surface area contributed by atoms with Crippen molar-refractivity contribution in [1.29, 1.82) is 0 Å². The SMILES string of the molecule is Cc1ccc(-c2ccc(C(=O)NCCN3CCc4ccccc43)cc2)o1. The van der Waals surface area contributed by atoms with Gasteiger partial charge in [0.2, 0.25) is 0 Å². The molecule has 4 rings (SSSR count). The van der Waals surface area contributed by atoms with Crippen LogP contribution >= 0.6 is 0 Å². The van der Waals surface area contributed by atoms with Crippen molar-refractivity contribution in [2.75, 3.05) is 24.5 Å². The number of aryl methyl sites for hydroxylation is 1. The molecule has 0 fully saturated rings. The standard InChI is InChI=1S/C22H22N2O2/c1-16-6-11-21(26-16)18-7-9-19(10-8-18)22(25)23-13-15-24-14-12-17-4-2-3-5-20(17)24/h2-11H,12-15H2,1H3,(H,23,25). The summed E-state index contributed by atoms with van der Waals surface area (Å²) in [5, 5.41) is 3.02. The second-order valence-electron chi connectivity index (χ2n) is 6.61. The van der Waals surface area contributed by atoms with Crippen LogP contribution in [0.3, 0.4) is 0 Å². The van der Waals surface area contributed by atoms with E-state index in [0.717, 1.165) is 36.6 Å². The van der Waals surface area contributed by atoms with Gasteiger partial charge in [-0.15, -0.1) is 0 Å². The summed E-state index contributed by atoms with van der Waals surface area (Å²) < 4.78 is 5.61. The summed E-state index contributed by atoms with van der Waals surface area (Å²) in [6, 6.07) is 19.9. The van der Waals surface area contributed by atoms with Crippen LogP contribution in [0.25, 0.3) is 11.3 Å². The molecule has 1 aliphatic rings. The largest absolute Gasteiger partial charge is 0.461 e. The number of carbonyl (C=O) groups is 1. The van der Waals surface area contributed by atoms with Crippen molar-refractivity contribution in [2.24, 2.45) is 0 Å². The number of amides is 1. The molecule has 1 amide bonds. The number of hydrogen-bond acceptors (Lipinski definition) is 3. The van der Waals surface area contributed by atoms with Crippen molar-refractivity contribution in [3.8, 4) is 11.3 Å². The molecule has 4 nitrogen and oxygen atoms in total. The van der Waals surface area contributed by atoms with Crippen LogP contribution in [-0.2, 0) is 6.42 Å². The molecule has 4 heteroatoms. The lowest BCUT2D eigenvalue weighted by molar-refractivity contribution is 0.0954. The van der Waals surface area contributed by atoms with Crippen molar-refractivity contribution in [3.05, 3.63) is 77.6 Å². The molecular formula is C22H22N2O2. The van der Waals surface area contributed by atoms with E-state index in [1.54, 1.807) is 0 Å². The quantitative estimate of drug-likeness (QED) is 0.758. The van der Waals surface area contributed by atoms with Crippen LogP contribution in [0.15, 0.2) is 65.1 Å². The van der Waals surface area contributed by atoms with Crippen molar-refractivity contribution in [1.82, 2.24) is 5.32 Å². The zero-order valence-corrected chi connectivity index (χ0v) is 14.9. The Morgan fingerprint density at radius 2 is 1.88 bits per heavy atom. The van der Waals surface area contributed by atoms with Crippen LogP contribution in [-0.4, -0.2) is 25.5 Å². The smallest absolute Gasteiger partial charge is 0.251 e.